The van der Waals surface area contributed by atoms with Gasteiger partial charge in [-0.2, -0.15) is 5.10 Å². The molecular weight excluding hydrogens is 481 g/mol. The van der Waals surface area contributed by atoms with Crippen molar-refractivity contribution in [1.82, 2.24) is 45.0 Å². The molecule has 188 valence electrons. The molecule has 0 aromatic carbocycles. The third kappa shape index (κ3) is 3.99. The molecular formula is C28H24FN9. The van der Waals surface area contributed by atoms with Crippen LogP contribution in [0.25, 0.3) is 56.0 Å². The van der Waals surface area contributed by atoms with Crippen molar-refractivity contribution in [3.05, 3.63) is 72.8 Å². The number of hydrogen-bond acceptors (Lipinski definition) is 7. The molecule has 9 nitrogen and oxygen atoms in total. The van der Waals surface area contributed by atoms with Crippen LogP contribution in [0.1, 0.15) is 24.8 Å². The second-order valence-corrected chi connectivity index (χ2v) is 9.58. The molecule has 7 heterocycles. The molecule has 0 saturated carbocycles. The van der Waals surface area contributed by atoms with Crippen LogP contribution >= 0.6 is 0 Å². The van der Waals surface area contributed by atoms with Gasteiger partial charge in [-0.05, 0) is 61.3 Å². The first-order valence-electron chi connectivity index (χ1n) is 12.7. The lowest BCUT2D eigenvalue weighted by Gasteiger charge is -2.26. The molecule has 10 heteroatoms. The van der Waals surface area contributed by atoms with Crippen LogP contribution in [0.5, 0.6) is 0 Å². The number of imidazole rings is 1. The quantitative estimate of drug-likeness (QED) is 0.333. The van der Waals surface area contributed by atoms with Crippen LogP contribution in [0.4, 0.5) is 4.39 Å². The predicted molar refractivity (Wildman–Crippen MR) is 142 cm³/mol. The lowest BCUT2D eigenvalue weighted by molar-refractivity contribution is 0.220. The Morgan fingerprint density at radius 3 is 2.61 bits per heavy atom. The van der Waals surface area contributed by atoms with E-state index < -0.39 is 5.82 Å². The summed E-state index contributed by atoms with van der Waals surface area (Å²) in [7, 11) is 0. The number of aromatic nitrogens is 8. The molecule has 38 heavy (non-hydrogen) atoms. The number of piperidine rings is 1. The van der Waals surface area contributed by atoms with Gasteiger partial charge in [-0.3, -0.25) is 25.0 Å². The van der Waals surface area contributed by atoms with Gasteiger partial charge >= 0.3 is 0 Å². The van der Waals surface area contributed by atoms with Crippen LogP contribution < -0.4 is 0 Å². The summed E-state index contributed by atoms with van der Waals surface area (Å²) in [6, 6.07) is 7.73. The fourth-order valence-electron chi connectivity index (χ4n) is 5.22. The first-order valence-corrected chi connectivity index (χ1v) is 12.7. The van der Waals surface area contributed by atoms with Crippen molar-refractivity contribution in [1.29, 1.82) is 0 Å². The molecule has 2 N–H and O–H groups in total. The highest BCUT2D eigenvalue weighted by molar-refractivity contribution is 5.97. The highest BCUT2D eigenvalue weighted by Crippen LogP contribution is 2.34. The molecule has 7 rings (SSSR count). The summed E-state index contributed by atoms with van der Waals surface area (Å²) in [5.74, 6) is -0.0424. The fraction of sp³-hybridized carbons (Fsp3) is 0.214. The highest BCUT2D eigenvalue weighted by Gasteiger charge is 2.22. The normalized spacial score (nSPS) is 14.4. The molecule has 1 saturated heterocycles. The van der Waals surface area contributed by atoms with E-state index in [1.807, 2.05) is 30.5 Å². The standard InChI is InChI=1S/C28H24FN9/c29-23-22-21(15-33-24(23)19-12-17(13-31-14-19)16-38-10-2-1-3-11-38)36-37-26(22)28-34-25-20(6-9-32-27(25)35-28)18-4-7-30-8-5-18/h4-9,12-15H,1-3,10-11,16H2,(H,36,37)(H,32,34,35). The maximum Gasteiger partial charge on any atom is 0.178 e. The maximum absolute atomic E-state index is 16.1. The average Bonchev–Trinajstić information content (AvgIpc) is 3.59. The van der Waals surface area contributed by atoms with Crippen LogP contribution in [-0.2, 0) is 6.54 Å². The van der Waals surface area contributed by atoms with Gasteiger partial charge in [0.25, 0.3) is 0 Å². The van der Waals surface area contributed by atoms with E-state index in [9.17, 15) is 0 Å². The lowest BCUT2D eigenvalue weighted by Crippen LogP contribution is -2.29. The Morgan fingerprint density at radius 1 is 0.868 bits per heavy atom. The van der Waals surface area contributed by atoms with Crippen LogP contribution in [0.15, 0.2) is 61.4 Å². The first-order chi connectivity index (χ1) is 18.7. The molecule has 6 aromatic rings. The van der Waals surface area contributed by atoms with Gasteiger partial charge in [-0.25, -0.2) is 14.4 Å². The molecule has 0 spiro atoms. The van der Waals surface area contributed by atoms with Gasteiger partial charge in [0.1, 0.15) is 11.4 Å². The Balaban J connectivity index is 1.29. The number of fused-ring (bicyclic) bond motifs is 2. The van der Waals surface area contributed by atoms with Crippen molar-refractivity contribution in [3.8, 4) is 33.9 Å². The van der Waals surface area contributed by atoms with E-state index in [1.54, 1.807) is 31.0 Å². The second kappa shape index (κ2) is 9.38. The van der Waals surface area contributed by atoms with Gasteiger partial charge < -0.3 is 4.98 Å². The molecule has 0 aliphatic carbocycles. The third-order valence-corrected chi connectivity index (χ3v) is 7.08. The van der Waals surface area contributed by atoms with Gasteiger partial charge in [0.05, 0.1) is 22.6 Å². The molecule has 1 fully saturated rings. The van der Waals surface area contributed by atoms with Gasteiger partial charge in [-0.15, -0.1) is 0 Å². The Bertz CT molecular complexity index is 1750. The third-order valence-electron chi connectivity index (χ3n) is 7.08. The van der Waals surface area contributed by atoms with Crippen molar-refractivity contribution < 1.29 is 4.39 Å². The summed E-state index contributed by atoms with van der Waals surface area (Å²) in [5.41, 5.74) is 5.95. The van der Waals surface area contributed by atoms with Gasteiger partial charge in [0, 0.05) is 48.7 Å². The number of aromatic amines is 2. The Morgan fingerprint density at radius 2 is 1.74 bits per heavy atom. The fourth-order valence-corrected chi connectivity index (χ4v) is 5.22. The first kappa shape index (κ1) is 22.6. The highest BCUT2D eigenvalue weighted by atomic mass is 19.1. The minimum atomic E-state index is -0.467. The number of pyridine rings is 4. The second-order valence-electron chi connectivity index (χ2n) is 9.58. The summed E-state index contributed by atoms with van der Waals surface area (Å²) in [4.78, 5) is 27.7. The maximum atomic E-state index is 16.1. The molecule has 1 aliphatic heterocycles. The minimum Gasteiger partial charge on any atom is -0.335 e. The van der Waals surface area contributed by atoms with Gasteiger partial charge in [0.2, 0.25) is 0 Å². The number of nitrogens with one attached hydrogen (secondary N) is 2. The lowest BCUT2D eigenvalue weighted by atomic mass is 10.1. The summed E-state index contributed by atoms with van der Waals surface area (Å²) in [6.45, 7) is 2.96. The Kier molecular flexibility index (Phi) is 5.58. The Labute approximate surface area is 217 Å². The minimum absolute atomic E-state index is 0.236. The number of rotatable bonds is 5. The van der Waals surface area contributed by atoms with E-state index in [-0.39, 0.29) is 5.69 Å². The molecule has 0 amide bonds. The molecule has 1 aliphatic rings. The predicted octanol–water partition coefficient (Wildman–Crippen LogP) is 5.15. The van der Waals surface area contributed by atoms with Crippen molar-refractivity contribution in [2.45, 2.75) is 25.8 Å². The van der Waals surface area contributed by atoms with Crippen molar-refractivity contribution in [2.24, 2.45) is 0 Å². The number of H-pyrrole nitrogens is 2. The van der Waals surface area contributed by atoms with Crippen LogP contribution in [-0.4, -0.2) is 58.1 Å². The molecule has 0 atom stereocenters. The largest absolute Gasteiger partial charge is 0.335 e. The van der Waals surface area contributed by atoms with Crippen LogP contribution in [0.3, 0.4) is 0 Å². The summed E-state index contributed by atoms with van der Waals surface area (Å²) in [5, 5.41) is 7.61. The van der Waals surface area contributed by atoms with Gasteiger partial charge in [-0.1, -0.05) is 6.42 Å². The number of hydrogen-bond donors (Lipinski definition) is 2. The zero-order valence-electron chi connectivity index (χ0n) is 20.5. The number of nitrogens with zero attached hydrogens (tertiary/aromatic N) is 7. The smallest absolute Gasteiger partial charge is 0.178 e. The zero-order chi connectivity index (χ0) is 25.5. The topological polar surface area (TPSA) is 112 Å². The van der Waals surface area contributed by atoms with E-state index in [4.69, 9.17) is 0 Å². The van der Waals surface area contributed by atoms with Gasteiger partial charge in [0.15, 0.2) is 17.3 Å². The zero-order valence-corrected chi connectivity index (χ0v) is 20.5. The summed E-state index contributed by atoms with van der Waals surface area (Å²) >= 11 is 0. The van der Waals surface area contributed by atoms with E-state index in [2.05, 4.69) is 45.0 Å². The van der Waals surface area contributed by atoms with Crippen molar-refractivity contribution in [3.63, 3.8) is 0 Å². The Hall–Kier alpha value is -4.57. The van der Waals surface area contributed by atoms with Crippen LogP contribution in [0.2, 0.25) is 0 Å². The molecule has 6 aromatic heterocycles. The van der Waals surface area contributed by atoms with E-state index in [0.29, 0.717) is 33.6 Å². The number of halogens is 1. The average molecular weight is 506 g/mol. The van der Waals surface area contributed by atoms with Crippen molar-refractivity contribution in [2.75, 3.05) is 13.1 Å². The molecule has 0 bridgehead atoms. The molecule has 0 radical (unpaired) electrons. The number of likely N-dealkylation sites (tertiary alicyclic amines) is 1. The monoisotopic (exact) mass is 505 g/mol. The van der Waals surface area contributed by atoms with Crippen molar-refractivity contribution >= 4 is 22.1 Å². The molecule has 0 unspecified atom stereocenters. The summed E-state index contributed by atoms with van der Waals surface area (Å²) in [6.07, 6.45) is 14.0. The SMILES string of the molecule is Fc1c(-c2cncc(CN3CCCCC3)c2)ncc2[nH]nc(-c3nc4nccc(-c5ccncc5)c4[nH]3)c12. The summed E-state index contributed by atoms with van der Waals surface area (Å²) < 4.78 is 16.1. The van der Waals surface area contributed by atoms with E-state index in [1.165, 1.54) is 19.3 Å². The van der Waals surface area contributed by atoms with E-state index in [0.717, 1.165) is 41.8 Å². The van der Waals surface area contributed by atoms with Crippen LogP contribution in [0, 0.1) is 5.82 Å². The van der Waals surface area contributed by atoms with E-state index >= 15 is 4.39 Å².